The summed E-state index contributed by atoms with van der Waals surface area (Å²) in [4.78, 5) is 34.6. The van der Waals surface area contributed by atoms with E-state index in [0.717, 1.165) is 57.9 Å². The molecule has 200 valence electrons. The van der Waals surface area contributed by atoms with Gasteiger partial charge >= 0.3 is 11.9 Å². The van der Waals surface area contributed by atoms with Gasteiger partial charge in [0.15, 0.2) is 0 Å². The summed E-state index contributed by atoms with van der Waals surface area (Å²) in [6, 6.07) is 0. The van der Waals surface area contributed by atoms with Crippen molar-refractivity contribution in [1.29, 1.82) is 0 Å². The number of amides is 1. The van der Waals surface area contributed by atoms with E-state index in [1.165, 1.54) is 0 Å². The molecule has 2 saturated heterocycles. The lowest BCUT2D eigenvalue weighted by molar-refractivity contribution is -0.155. The maximum absolute atomic E-state index is 12.3. The monoisotopic (exact) mass is 494 g/mol. The average molecular weight is 495 g/mol. The molecule has 2 aliphatic heterocycles. The van der Waals surface area contributed by atoms with Gasteiger partial charge in [-0.2, -0.15) is 0 Å². The van der Waals surface area contributed by atoms with E-state index in [1.54, 1.807) is 0 Å². The number of rotatable bonds is 17. The SMILES string of the molecule is CC(C)(C)OC(=O)CCCCCCNCC(=O)NC[C@H]1[C@@H](C/C=C\CCCC(=O)O)[C@H]2CC[C@@H]1O2. The van der Waals surface area contributed by atoms with Gasteiger partial charge in [0.1, 0.15) is 5.60 Å². The zero-order valence-electron chi connectivity index (χ0n) is 21.9. The highest BCUT2D eigenvalue weighted by molar-refractivity contribution is 5.78. The Balaban J connectivity index is 1.53. The third-order valence-corrected chi connectivity index (χ3v) is 6.65. The lowest BCUT2D eigenvalue weighted by Gasteiger charge is -2.27. The van der Waals surface area contributed by atoms with Crippen molar-refractivity contribution < 1.29 is 29.0 Å². The molecule has 2 fully saturated rings. The zero-order valence-corrected chi connectivity index (χ0v) is 21.9. The lowest BCUT2D eigenvalue weighted by Crippen LogP contribution is -2.41. The number of hydrogen-bond acceptors (Lipinski definition) is 6. The maximum Gasteiger partial charge on any atom is 0.306 e. The highest BCUT2D eigenvalue weighted by Gasteiger charge is 2.47. The number of carbonyl (C=O) groups excluding carboxylic acids is 2. The average Bonchev–Trinajstić information content (AvgIpc) is 3.37. The van der Waals surface area contributed by atoms with Crippen LogP contribution in [0.3, 0.4) is 0 Å². The van der Waals surface area contributed by atoms with E-state index < -0.39 is 11.6 Å². The first kappa shape index (κ1) is 29.3. The van der Waals surface area contributed by atoms with E-state index in [4.69, 9.17) is 14.6 Å². The largest absolute Gasteiger partial charge is 0.481 e. The molecule has 0 aromatic heterocycles. The van der Waals surface area contributed by atoms with Gasteiger partial charge in [0, 0.05) is 25.3 Å². The van der Waals surface area contributed by atoms with Gasteiger partial charge in [0.25, 0.3) is 0 Å². The molecule has 2 rings (SSSR count). The zero-order chi connectivity index (χ0) is 25.7. The number of carbonyl (C=O) groups is 3. The predicted molar refractivity (Wildman–Crippen MR) is 135 cm³/mol. The van der Waals surface area contributed by atoms with Crippen LogP contribution in [0.15, 0.2) is 12.2 Å². The Kier molecular flexibility index (Phi) is 12.8. The molecule has 0 spiro atoms. The summed E-state index contributed by atoms with van der Waals surface area (Å²) in [5.74, 6) is -0.118. The molecule has 0 unspecified atom stereocenters. The van der Waals surface area contributed by atoms with Gasteiger partial charge in [0.05, 0.1) is 18.8 Å². The van der Waals surface area contributed by atoms with Gasteiger partial charge < -0.3 is 25.2 Å². The molecule has 0 saturated carbocycles. The summed E-state index contributed by atoms with van der Waals surface area (Å²) >= 11 is 0. The molecule has 2 bridgehead atoms. The van der Waals surface area contributed by atoms with Crippen molar-refractivity contribution in [2.24, 2.45) is 11.8 Å². The Morgan fingerprint density at radius 1 is 0.971 bits per heavy atom. The van der Waals surface area contributed by atoms with Crippen LogP contribution in [-0.2, 0) is 23.9 Å². The second-order valence-corrected chi connectivity index (χ2v) is 10.8. The maximum atomic E-state index is 12.3. The molecular weight excluding hydrogens is 448 g/mol. The van der Waals surface area contributed by atoms with Crippen LogP contribution < -0.4 is 10.6 Å². The van der Waals surface area contributed by atoms with Crippen molar-refractivity contribution in [2.45, 2.75) is 109 Å². The summed E-state index contributed by atoms with van der Waals surface area (Å²) < 4.78 is 11.4. The summed E-state index contributed by atoms with van der Waals surface area (Å²) in [5, 5.41) is 15.0. The third-order valence-electron chi connectivity index (χ3n) is 6.65. The molecule has 2 heterocycles. The van der Waals surface area contributed by atoms with E-state index in [0.29, 0.717) is 37.8 Å². The predicted octanol–water partition coefficient (Wildman–Crippen LogP) is 3.98. The fourth-order valence-corrected chi connectivity index (χ4v) is 4.98. The van der Waals surface area contributed by atoms with Crippen molar-refractivity contribution >= 4 is 17.8 Å². The number of aliphatic carboxylic acids is 1. The van der Waals surface area contributed by atoms with Gasteiger partial charge in [-0.1, -0.05) is 25.0 Å². The van der Waals surface area contributed by atoms with Crippen molar-refractivity contribution in [3.63, 3.8) is 0 Å². The smallest absolute Gasteiger partial charge is 0.306 e. The highest BCUT2D eigenvalue weighted by Crippen LogP contribution is 2.44. The number of carboxylic acids is 1. The summed E-state index contributed by atoms with van der Waals surface area (Å²) in [6.07, 6.45) is 13.7. The quantitative estimate of drug-likeness (QED) is 0.159. The number of hydrogen-bond donors (Lipinski definition) is 3. The molecule has 1 amide bonds. The van der Waals surface area contributed by atoms with Crippen molar-refractivity contribution in [3.05, 3.63) is 12.2 Å². The van der Waals surface area contributed by atoms with Crippen molar-refractivity contribution in [2.75, 3.05) is 19.6 Å². The van der Waals surface area contributed by atoms with Gasteiger partial charge in [-0.25, -0.2) is 0 Å². The van der Waals surface area contributed by atoms with Crippen LogP contribution in [0.4, 0.5) is 0 Å². The number of allylic oxidation sites excluding steroid dienone is 2. The second-order valence-electron chi connectivity index (χ2n) is 10.8. The molecule has 2 aliphatic rings. The topological polar surface area (TPSA) is 114 Å². The fourth-order valence-electron chi connectivity index (χ4n) is 4.98. The van der Waals surface area contributed by atoms with E-state index >= 15 is 0 Å². The minimum atomic E-state index is -0.750. The Morgan fingerprint density at radius 3 is 2.40 bits per heavy atom. The fraction of sp³-hybridized carbons (Fsp3) is 0.815. The molecule has 8 heteroatoms. The minimum absolute atomic E-state index is 0.0145. The molecule has 0 aromatic carbocycles. The summed E-state index contributed by atoms with van der Waals surface area (Å²) in [5.41, 5.74) is -0.422. The van der Waals surface area contributed by atoms with Gasteiger partial charge in [-0.3, -0.25) is 14.4 Å². The van der Waals surface area contributed by atoms with E-state index in [1.807, 2.05) is 20.8 Å². The number of fused-ring (bicyclic) bond motifs is 2. The second kappa shape index (κ2) is 15.2. The van der Waals surface area contributed by atoms with Crippen LogP contribution in [-0.4, -0.2) is 60.4 Å². The first-order valence-electron chi connectivity index (χ1n) is 13.4. The molecular formula is C27H46N2O6. The Bertz CT molecular complexity index is 702. The lowest BCUT2D eigenvalue weighted by atomic mass is 9.77. The van der Waals surface area contributed by atoms with E-state index in [-0.39, 0.29) is 30.5 Å². The summed E-state index contributed by atoms with van der Waals surface area (Å²) in [6.45, 7) is 7.38. The summed E-state index contributed by atoms with van der Waals surface area (Å²) in [7, 11) is 0. The first-order valence-corrected chi connectivity index (χ1v) is 13.4. The van der Waals surface area contributed by atoms with Crippen LogP contribution in [0.25, 0.3) is 0 Å². The third kappa shape index (κ3) is 12.0. The minimum Gasteiger partial charge on any atom is -0.481 e. The molecule has 0 aliphatic carbocycles. The molecule has 3 N–H and O–H groups in total. The Morgan fingerprint density at radius 2 is 1.69 bits per heavy atom. The highest BCUT2D eigenvalue weighted by atomic mass is 16.6. The van der Waals surface area contributed by atoms with Crippen LogP contribution in [0.5, 0.6) is 0 Å². The first-order chi connectivity index (χ1) is 16.7. The molecule has 8 nitrogen and oxygen atoms in total. The van der Waals surface area contributed by atoms with Gasteiger partial charge in [-0.15, -0.1) is 0 Å². The van der Waals surface area contributed by atoms with Gasteiger partial charge in [0.2, 0.25) is 5.91 Å². The number of carboxylic acid groups (broad SMARTS) is 1. The van der Waals surface area contributed by atoms with Crippen LogP contribution >= 0.6 is 0 Å². The number of nitrogens with one attached hydrogen (secondary N) is 2. The van der Waals surface area contributed by atoms with Crippen molar-refractivity contribution in [1.82, 2.24) is 10.6 Å². The molecule has 4 atom stereocenters. The van der Waals surface area contributed by atoms with E-state index in [9.17, 15) is 14.4 Å². The van der Waals surface area contributed by atoms with Crippen LogP contribution in [0.2, 0.25) is 0 Å². The molecule has 0 aromatic rings. The van der Waals surface area contributed by atoms with Crippen LogP contribution in [0.1, 0.15) is 91.4 Å². The standard InChI is InChI=1S/C27H46N2O6/c1-27(2,3)35-26(33)14-10-6-7-11-17-28-19-24(30)29-18-21-20(22-15-16-23(21)34-22)12-8-4-5-9-13-25(31)32/h4,8,20-23,28H,5-7,9-19H2,1-3H3,(H,29,30)(H,31,32)/b8-4-/t20-,21+,22-,23+/m1/s1. The van der Waals surface area contributed by atoms with Crippen LogP contribution in [0, 0.1) is 11.8 Å². The van der Waals surface area contributed by atoms with E-state index in [2.05, 4.69) is 22.8 Å². The normalized spacial score (nSPS) is 23.6. The Labute approximate surface area is 210 Å². The van der Waals surface area contributed by atoms with Crippen molar-refractivity contribution in [3.8, 4) is 0 Å². The van der Waals surface area contributed by atoms with Gasteiger partial charge in [-0.05, 0) is 78.2 Å². The Hall–Kier alpha value is -1.93. The number of ether oxygens (including phenoxy) is 2. The molecule has 35 heavy (non-hydrogen) atoms. The molecule has 0 radical (unpaired) electrons. The number of esters is 1. The number of unbranched alkanes of at least 4 members (excludes halogenated alkanes) is 4.